The molecule has 0 N–H and O–H groups in total. The molecule has 3 heterocycles. The van der Waals surface area contributed by atoms with Gasteiger partial charge in [0.15, 0.2) is 11.6 Å². The predicted octanol–water partition coefficient (Wildman–Crippen LogP) is 15.3. The summed E-state index contributed by atoms with van der Waals surface area (Å²) in [5.41, 5.74) is 13.4. The first kappa shape index (κ1) is 36.8. The molecule has 0 aliphatic carbocycles. The first-order chi connectivity index (χ1) is 31.2. The second kappa shape index (κ2) is 15.5. The highest BCUT2D eigenvalue weighted by molar-refractivity contribution is 7.26. The zero-order valence-electron chi connectivity index (χ0n) is 34.2. The summed E-state index contributed by atoms with van der Waals surface area (Å²) in [6.45, 7) is 0. The van der Waals surface area contributed by atoms with Crippen LogP contribution in [0.2, 0.25) is 0 Å². The van der Waals surface area contributed by atoms with E-state index < -0.39 is 0 Å². The van der Waals surface area contributed by atoms with E-state index in [-0.39, 0.29) is 0 Å². The van der Waals surface area contributed by atoms with Crippen molar-refractivity contribution in [2.75, 3.05) is 0 Å². The molecule has 0 amide bonds. The van der Waals surface area contributed by atoms with Crippen molar-refractivity contribution in [2.24, 2.45) is 0 Å². The van der Waals surface area contributed by atoms with Crippen LogP contribution in [0.15, 0.2) is 218 Å². The summed E-state index contributed by atoms with van der Waals surface area (Å²) in [6.07, 6.45) is 0.471. The van der Waals surface area contributed by atoms with Gasteiger partial charge in [-0.15, -0.1) is 11.3 Å². The topological polar surface area (TPSA) is 43.6 Å². The molecular weight excluding hydrogens is 785 g/mol. The SMILES string of the molecule is c1ccc(-c2nc(Cc3cc(-c4c(-c5ccccc5)cccc4-c4ccccc4)ccc3-n3c4ccccc4c4c5sc6ccccc6c5ccc43)nc(-c3ccccc3)n2)cc1. The highest BCUT2D eigenvalue weighted by Crippen LogP contribution is 2.45. The van der Waals surface area contributed by atoms with Gasteiger partial charge in [-0.25, -0.2) is 15.0 Å². The van der Waals surface area contributed by atoms with Crippen molar-refractivity contribution in [1.29, 1.82) is 0 Å². The second-order valence-electron chi connectivity index (χ2n) is 15.9. The van der Waals surface area contributed by atoms with Gasteiger partial charge in [-0.1, -0.05) is 188 Å². The molecule has 5 heteroatoms. The lowest BCUT2D eigenvalue weighted by Crippen LogP contribution is -2.07. The third-order valence-electron chi connectivity index (χ3n) is 12.1. The summed E-state index contributed by atoms with van der Waals surface area (Å²) < 4.78 is 5.07. The van der Waals surface area contributed by atoms with E-state index in [1.807, 2.05) is 47.7 Å². The van der Waals surface area contributed by atoms with Crippen LogP contribution in [0.5, 0.6) is 0 Å². The van der Waals surface area contributed by atoms with E-state index in [1.165, 1.54) is 64.3 Å². The Bertz CT molecular complexity index is 3520. The van der Waals surface area contributed by atoms with Gasteiger partial charge in [-0.05, 0) is 69.3 Å². The number of rotatable bonds is 8. The molecule has 63 heavy (non-hydrogen) atoms. The van der Waals surface area contributed by atoms with Gasteiger partial charge < -0.3 is 4.57 Å². The zero-order chi connectivity index (χ0) is 41.7. The van der Waals surface area contributed by atoms with E-state index in [0.717, 1.165) is 33.5 Å². The summed E-state index contributed by atoms with van der Waals surface area (Å²) in [5, 5.41) is 5.10. The van der Waals surface area contributed by atoms with Crippen molar-refractivity contribution in [3.05, 3.63) is 230 Å². The maximum absolute atomic E-state index is 5.24. The number of para-hydroxylation sites is 1. The van der Waals surface area contributed by atoms with E-state index in [4.69, 9.17) is 15.0 Å². The third kappa shape index (κ3) is 6.49. The highest BCUT2D eigenvalue weighted by Gasteiger charge is 2.22. The summed E-state index contributed by atoms with van der Waals surface area (Å²) in [7, 11) is 0. The maximum Gasteiger partial charge on any atom is 0.163 e. The molecule has 0 saturated carbocycles. The normalized spacial score (nSPS) is 11.6. The Kier molecular flexibility index (Phi) is 9.05. The number of nitrogens with zero attached hydrogens (tertiary/aromatic N) is 4. The predicted molar refractivity (Wildman–Crippen MR) is 263 cm³/mol. The van der Waals surface area contributed by atoms with Crippen molar-refractivity contribution < 1.29 is 0 Å². The van der Waals surface area contributed by atoms with Crippen LogP contribution in [-0.4, -0.2) is 19.5 Å². The van der Waals surface area contributed by atoms with Crippen LogP contribution < -0.4 is 0 Å². The van der Waals surface area contributed by atoms with Gasteiger partial charge in [0.25, 0.3) is 0 Å². The average molecular weight is 823 g/mol. The number of thiophene rings is 1. The molecule has 9 aromatic carbocycles. The molecule has 0 fully saturated rings. The van der Waals surface area contributed by atoms with Crippen LogP contribution in [0.1, 0.15) is 11.4 Å². The molecule has 0 atom stereocenters. The minimum atomic E-state index is 0.471. The number of benzene rings is 9. The monoisotopic (exact) mass is 822 g/mol. The van der Waals surface area contributed by atoms with Gasteiger partial charge in [0.1, 0.15) is 5.82 Å². The molecule has 12 aromatic rings. The van der Waals surface area contributed by atoms with Crippen LogP contribution in [0, 0.1) is 0 Å². The summed E-state index contributed by atoms with van der Waals surface area (Å²) in [6, 6.07) is 77.8. The minimum absolute atomic E-state index is 0.471. The Morgan fingerprint density at radius 3 is 1.59 bits per heavy atom. The first-order valence-corrected chi connectivity index (χ1v) is 22.1. The van der Waals surface area contributed by atoms with Crippen LogP contribution in [0.25, 0.3) is 104 Å². The number of hydrogen-bond donors (Lipinski definition) is 0. The molecule has 4 nitrogen and oxygen atoms in total. The largest absolute Gasteiger partial charge is 0.309 e. The molecule has 12 rings (SSSR count). The molecular formula is C58H38N4S. The van der Waals surface area contributed by atoms with E-state index >= 15 is 0 Å². The maximum atomic E-state index is 5.24. The first-order valence-electron chi connectivity index (χ1n) is 21.3. The summed E-state index contributed by atoms with van der Waals surface area (Å²) >= 11 is 1.88. The molecule has 3 aromatic heterocycles. The second-order valence-corrected chi connectivity index (χ2v) is 17.0. The van der Waals surface area contributed by atoms with Crippen molar-refractivity contribution in [3.63, 3.8) is 0 Å². The van der Waals surface area contributed by atoms with Crippen molar-refractivity contribution in [2.45, 2.75) is 6.42 Å². The smallest absolute Gasteiger partial charge is 0.163 e. The lowest BCUT2D eigenvalue weighted by Gasteiger charge is -2.20. The fourth-order valence-electron chi connectivity index (χ4n) is 9.28. The van der Waals surface area contributed by atoms with Crippen LogP contribution in [0.3, 0.4) is 0 Å². The van der Waals surface area contributed by atoms with Gasteiger partial charge in [-0.2, -0.15) is 0 Å². The lowest BCUT2D eigenvalue weighted by atomic mass is 9.86. The molecule has 0 bridgehead atoms. The molecule has 0 aliphatic heterocycles. The summed E-state index contributed by atoms with van der Waals surface area (Å²) in [5.74, 6) is 2.01. The van der Waals surface area contributed by atoms with Gasteiger partial charge in [-0.3, -0.25) is 0 Å². The number of fused-ring (bicyclic) bond motifs is 7. The van der Waals surface area contributed by atoms with Crippen LogP contribution >= 0.6 is 11.3 Å². The Labute approximate surface area is 369 Å². The molecule has 0 saturated heterocycles. The fourth-order valence-corrected chi connectivity index (χ4v) is 10.5. The Morgan fingerprint density at radius 2 is 0.952 bits per heavy atom. The van der Waals surface area contributed by atoms with E-state index in [9.17, 15) is 0 Å². The number of aromatic nitrogens is 4. The van der Waals surface area contributed by atoms with Gasteiger partial charge in [0.05, 0.1) is 11.0 Å². The van der Waals surface area contributed by atoms with E-state index in [1.54, 1.807) is 0 Å². The van der Waals surface area contributed by atoms with Crippen molar-refractivity contribution in [1.82, 2.24) is 19.5 Å². The Hall–Kier alpha value is -7.99. The van der Waals surface area contributed by atoms with Gasteiger partial charge >= 0.3 is 0 Å². The molecule has 0 radical (unpaired) electrons. The molecule has 296 valence electrons. The minimum Gasteiger partial charge on any atom is -0.309 e. The average Bonchev–Trinajstić information content (AvgIpc) is 3.91. The lowest BCUT2D eigenvalue weighted by molar-refractivity contribution is 0.925. The van der Waals surface area contributed by atoms with E-state index in [2.05, 4.69) is 187 Å². The fraction of sp³-hybridized carbons (Fsp3) is 0.0172. The molecule has 0 spiro atoms. The van der Waals surface area contributed by atoms with E-state index in [0.29, 0.717) is 23.9 Å². The van der Waals surface area contributed by atoms with Crippen LogP contribution in [-0.2, 0) is 6.42 Å². The highest BCUT2D eigenvalue weighted by atomic mass is 32.1. The Morgan fingerprint density at radius 1 is 0.397 bits per heavy atom. The number of hydrogen-bond acceptors (Lipinski definition) is 4. The van der Waals surface area contributed by atoms with Crippen LogP contribution in [0.4, 0.5) is 0 Å². The van der Waals surface area contributed by atoms with Crippen molar-refractivity contribution in [3.8, 4) is 61.8 Å². The molecule has 0 unspecified atom stereocenters. The van der Waals surface area contributed by atoms with Gasteiger partial charge in [0, 0.05) is 54.2 Å². The standard InChI is InChI=1S/C58H38N4S/c1-5-18-38(19-6-1)44-28-17-29-45(39-20-7-2-8-21-39)54(44)42-32-34-49(43(36-42)37-53-59-57(40-22-9-3-10-23-40)61-58(60-53)41-24-11-4-12-25-41)62-50-30-15-13-27-48(50)55-51(62)35-33-47-46-26-14-16-31-52(46)63-56(47)55/h1-36H,37H2. The third-order valence-corrected chi connectivity index (χ3v) is 13.3. The molecule has 0 aliphatic rings. The Balaban J connectivity index is 1.14. The van der Waals surface area contributed by atoms with Gasteiger partial charge in [0.2, 0.25) is 0 Å². The van der Waals surface area contributed by atoms with Crippen molar-refractivity contribution >= 4 is 53.3 Å². The summed E-state index contributed by atoms with van der Waals surface area (Å²) in [4.78, 5) is 15.5. The zero-order valence-corrected chi connectivity index (χ0v) is 35.0. The quantitative estimate of drug-likeness (QED) is 0.153.